The molecule has 3 N–H and O–H groups in total. The summed E-state index contributed by atoms with van der Waals surface area (Å²) >= 11 is 1.43. The molecule has 1 heterocycles. The number of carbonyl (C=O) groups is 4. The highest BCUT2D eigenvalue weighted by Crippen LogP contribution is 2.46. The van der Waals surface area contributed by atoms with Gasteiger partial charge in [0.15, 0.2) is 0 Å². The van der Waals surface area contributed by atoms with E-state index in [0.717, 1.165) is 29.8 Å². The first-order valence-electron chi connectivity index (χ1n) is 15.8. The van der Waals surface area contributed by atoms with Gasteiger partial charge in [-0.15, -0.1) is 24.5 Å². The molecule has 1 aromatic heterocycles. The van der Waals surface area contributed by atoms with Crippen molar-refractivity contribution in [3.63, 3.8) is 0 Å². The van der Waals surface area contributed by atoms with Crippen molar-refractivity contribution >= 4 is 50.9 Å². The summed E-state index contributed by atoms with van der Waals surface area (Å²) in [6, 6.07) is 7.18. The van der Waals surface area contributed by atoms with Gasteiger partial charge in [-0.1, -0.05) is 24.3 Å². The van der Waals surface area contributed by atoms with E-state index in [2.05, 4.69) is 33.5 Å². The number of anilines is 1. The fraction of sp³-hybridized carbons (Fsp3) is 0.485. The van der Waals surface area contributed by atoms with Gasteiger partial charge in [0.25, 0.3) is 5.91 Å². The maximum absolute atomic E-state index is 13.9. The first kappa shape index (κ1) is 34.3. The standard InChI is InChI=1S/C33H41N5O7S2/c1-4-6-7-10-16-38(3)30(40)26-19-22(45-32(42)35-27-12-9-8-11-24(27)29-34-15-17-46-29)18-25(26)28(39)36-33(20-21(33)5-2)31(41)37-47(43,44)23-13-14-23/h4-5,8-9,11-12,15,17,21-23,25-26H,1-2,6-7,10,13-14,16,18-20H2,3H3,(H,35,42)(H,36,39)(H,37,41). The molecule has 14 heteroatoms. The van der Waals surface area contributed by atoms with Crippen LogP contribution in [0.5, 0.6) is 0 Å². The molecule has 0 saturated heterocycles. The van der Waals surface area contributed by atoms with Crippen LogP contribution in [-0.2, 0) is 29.1 Å². The lowest BCUT2D eigenvalue weighted by molar-refractivity contribution is -0.140. The lowest BCUT2D eigenvalue weighted by Crippen LogP contribution is -2.54. The first-order chi connectivity index (χ1) is 22.5. The van der Waals surface area contributed by atoms with Gasteiger partial charge in [0.2, 0.25) is 21.8 Å². The zero-order chi connectivity index (χ0) is 33.8. The first-order valence-corrected chi connectivity index (χ1v) is 18.2. The van der Waals surface area contributed by atoms with Crippen LogP contribution in [0.1, 0.15) is 51.4 Å². The Hall–Kier alpha value is -4.04. The third kappa shape index (κ3) is 7.92. The maximum atomic E-state index is 13.9. The molecule has 252 valence electrons. The van der Waals surface area contributed by atoms with Gasteiger partial charge in [0.05, 0.1) is 22.8 Å². The average Bonchev–Trinajstić information content (AvgIpc) is 3.92. The molecule has 3 aliphatic carbocycles. The smallest absolute Gasteiger partial charge is 0.411 e. The number of rotatable bonds is 15. The third-order valence-electron chi connectivity index (χ3n) is 9.05. The van der Waals surface area contributed by atoms with Crippen molar-refractivity contribution in [3.05, 3.63) is 61.2 Å². The molecule has 0 radical (unpaired) electrons. The Morgan fingerprint density at radius 2 is 1.87 bits per heavy atom. The zero-order valence-electron chi connectivity index (χ0n) is 26.4. The van der Waals surface area contributed by atoms with Gasteiger partial charge in [-0.05, 0) is 63.5 Å². The van der Waals surface area contributed by atoms with Crippen LogP contribution in [0.4, 0.5) is 10.5 Å². The van der Waals surface area contributed by atoms with E-state index in [1.807, 2.05) is 23.6 Å². The lowest BCUT2D eigenvalue weighted by Gasteiger charge is -2.26. The van der Waals surface area contributed by atoms with Crippen molar-refractivity contribution in [1.29, 1.82) is 0 Å². The molecule has 12 nitrogen and oxygen atoms in total. The van der Waals surface area contributed by atoms with Crippen LogP contribution in [0.2, 0.25) is 0 Å². The van der Waals surface area contributed by atoms with Crippen molar-refractivity contribution in [3.8, 4) is 10.6 Å². The summed E-state index contributed by atoms with van der Waals surface area (Å²) in [6.07, 6.45) is 7.21. The Bertz CT molecular complexity index is 1630. The predicted octanol–water partition coefficient (Wildman–Crippen LogP) is 4.24. The monoisotopic (exact) mass is 683 g/mol. The zero-order valence-corrected chi connectivity index (χ0v) is 28.0. The van der Waals surface area contributed by atoms with Crippen LogP contribution in [0.25, 0.3) is 10.6 Å². The summed E-state index contributed by atoms with van der Waals surface area (Å²) in [5.74, 6) is -3.87. The molecule has 3 aliphatic rings. The molecular formula is C33H41N5O7S2. The van der Waals surface area contributed by atoms with E-state index in [9.17, 15) is 27.6 Å². The number of sulfonamides is 1. The second kappa shape index (κ2) is 14.4. The fourth-order valence-electron chi connectivity index (χ4n) is 6.14. The van der Waals surface area contributed by atoms with Crippen LogP contribution in [0.3, 0.4) is 0 Å². The van der Waals surface area contributed by atoms with Crippen LogP contribution in [0, 0.1) is 17.8 Å². The topological polar surface area (TPSA) is 164 Å². The second-order valence-electron chi connectivity index (χ2n) is 12.4. The molecule has 3 fully saturated rings. The molecule has 0 spiro atoms. The van der Waals surface area contributed by atoms with Crippen molar-refractivity contribution in [2.45, 2.75) is 68.3 Å². The number of para-hydroxylation sites is 1. The molecule has 5 rings (SSSR count). The molecule has 0 aliphatic heterocycles. The number of unbranched alkanes of at least 4 members (excludes halogenated alkanes) is 2. The van der Waals surface area contributed by atoms with E-state index in [1.54, 1.807) is 30.3 Å². The van der Waals surface area contributed by atoms with E-state index in [-0.39, 0.29) is 25.2 Å². The Labute approximate surface area is 279 Å². The molecule has 5 unspecified atom stereocenters. The van der Waals surface area contributed by atoms with Crippen LogP contribution >= 0.6 is 11.3 Å². The molecule has 1 aromatic carbocycles. The molecule has 47 heavy (non-hydrogen) atoms. The van der Waals surface area contributed by atoms with Gasteiger partial charge in [-0.3, -0.25) is 24.4 Å². The summed E-state index contributed by atoms with van der Waals surface area (Å²) in [7, 11) is -2.18. The minimum absolute atomic E-state index is 0.0465. The number of benzene rings is 1. The molecule has 3 saturated carbocycles. The summed E-state index contributed by atoms with van der Waals surface area (Å²) in [6.45, 7) is 7.94. The Balaban J connectivity index is 1.30. The van der Waals surface area contributed by atoms with Gasteiger partial charge >= 0.3 is 6.09 Å². The SMILES string of the molecule is C=CCCCCN(C)C(=O)C1CC(OC(=O)Nc2ccccc2-c2nccs2)CC1C(=O)NC1(C(=O)NS(=O)(=O)C2CC2)CC1C=C. The summed E-state index contributed by atoms with van der Waals surface area (Å²) in [5, 5.41) is 7.49. The summed E-state index contributed by atoms with van der Waals surface area (Å²) in [5.41, 5.74) is -0.256. The Morgan fingerprint density at radius 3 is 2.53 bits per heavy atom. The van der Waals surface area contributed by atoms with Crippen molar-refractivity contribution in [2.75, 3.05) is 18.9 Å². The summed E-state index contributed by atoms with van der Waals surface area (Å²) < 4.78 is 33.0. The highest BCUT2D eigenvalue weighted by atomic mass is 32.2. The normalized spacial score (nSPS) is 24.9. The largest absolute Gasteiger partial charge is 0.446 e. The number of aromatic nitrogens is 1. The van der Waals surface area contributed by atoms with E-state index in [4.69, 9.17) is 4.74 Å². The number of nitrogens with zero attached hydrogens (tertiary/aromatic N) is 2. The predicted molar refractivity (Wildman–Crippen MR) is 179 cm³/mol. The number of hydrogen-bond donors (Lipinski definition) is 3. The number of allylic oxidation sites excluding steroid dienone is 1. The minimum atomic E-state index is -3.85. The average molecular weight is 684 g/mol. The summed E-state index contributed by atoms with van der Waals surface area (Å²) in [4.78, 5) is 59.9. The molecule has 4 amide bonds. The number of thiazole rings is 1. The van der Waals surface area contributed by atoms with Crippen molar-refractivity contribution in [2.24, 2.45) is 17.8 Å². The maximum Gasteiger partial charge on any atom is 0.411 e. The van der Waals surface area contributed by atoms with Gasteiger partial charge in [0, 0.05) is 36.7 Å². The van der Waals surface area contributed by atoms with E-state index in [0.29, 0.717) is 25.1 Å². The van der Waals surface area contributed by atoms with Crippen LogP contribution in [-0.4, -0.2) is 72.6 Å². The van der Waals surface area contributed by atoms with Gasteiger partial charge in [-0.25, -0.2) is 18.2 Å². The molecule has 5 atom stereocenters. The molecule has 2 aromatic rings. The number of nitrogens with one attached hydrogen (secondary N) is 3. The Kier molecular flexibility index (Phi) is 10.5. The Morgan fingerprint density at radius 1 is 1.13 bits per heavy atom. The molecular weight excluding hydrogens is 643 g/mol. The van der Waals surface area contributed by atoms with Crippen molar-refractivity contribution in [1.82, 2.24) is 19.9 Å². The second-order valence-corrected chi connectivity index (χ2v) is 15.3. The number of hydrogen-bond acceptors (Lipinski definition) is 9. The minimum Gasteiger partial charge on any atom is -0.446 e. The van der Waals surface area contributed by atoms with Crippen molar-refractivity contribution < 1.29 is 32.3 Å². The van der Waals surface area contributed by atoms with E-state index >= 15 is 0 Å². The van der Waals surface area contributed by atoms with E-state index in [1.165, 1.54) is 17.4 Å². The number of carbonyl (C=O) groups excluding carboxylic acids is 4. The van der Waals surface area contributed by atoms with E-state index < -0.39 is 62.6 Å². The van der Waals surface area contributed by atoms with Crippen LogP contribution < -0.4 is 15.4 Å². The quantitative estimate of drug-likeness (QED) is 0.185. The number of amides is 4. The highest BCUT2D eigenvalue weighted by molar-refractivity contribution is 7.91. The molecule has 0 bridgehead atoms. The van der Waals surface area contributed by atoms with Crippen LogP contribution in [0.15, 0.2) is 61.2 Å². The van der Waals surface area contributed by atoms with Gasteiger partial charge < -0.3 is 15.0 Å². The highest BCUT2D eigenvalue weighted by Gasteiger charge is 2.62. The number of ether oxygens (including phenoxy) is 1. The fourth-order valence-corrected chi connectivity index (χ4v) is 8.18. The van der Waals surface area contributed by atoms with Gasteiger partial charge in [0.1, 0.15) is 16.7 Å². The lowest BCUT2D eigenvalue weighted by atomic mass is 9.93. The third-order valence-corrected chi connectivity index (χ3v) is 11.7. The van der Waals surface area contributed by atoms with Gasteiger partial charge in [-0.2, -0.15) is 0 Å².